The van der Waals surface area contributed by atoms with Crippen LogP contribution in [-0.2, 0) is 0 Å². The molecule has 3 rings (SSSR count). The van der Waals surface area contributed by atoms with Gasteiger partial charge in [0.15, 0.2) is 0 Å². The highest BCUT2D eigenvalue weighted by Crippen LogP contribution is 2.21. The molecule has 0 atom stereocenters. The lowest BCUT2D eigenvalue weighted by Gasteiger charge is -2.24. The van der Waals surface area contributed by atoms with Gasteiger partial charge < -0.3 is 4.90 Å². The maximum Gasteiger partial charge on any atom is 0.0707 e. The summed E-state index contributed by atoms with van der Waals surface area (Å²) in [5.74, 6) is 0. The van der Waals surface area contributed by atoms with Crippen molar-refractivity contribution in [2.75, 3.05) is 18.0 Å². The molecule has 0 N–H and O–H groups in total. The van der Waals surface area contributed by atoms with E-state index in [0.717, 1.165) is 18.6 Å². The van der Waals surface area contributed by atoms with Crippen LogP contribution in [0.5, 0.6) is 0 Å². The van der Waals surface area contributed by atoms with Gasteiger partial charge in [0, 0.05) is 30.4 Å². The number of rotatable bonds is 9. The van der Waals surface area contributed by atoms with Crippen LogP contribution in [0.2, 0.25) is 0 Å². The molecule has 0 saturated carbocycles. The monoisotopic (exact) mass is 358 g/mol. The van der Waals surface area contributed by atoms with Gasteiger partial charge in [-0.25, -0.2) is 0 Å². The van der Waals surface area contributed by atoms with Gasteiger partial charge in [0.2, 0.25) is 0 Å². The zero-order valence-electron chi connectivity index (χ0n) is 16.6. The first-order valence-corrected chi connectivity index (χ1v) is 10.2. The van der Waals surface area contributed by atoms with E-state index in [1.807, 2.05) is 12.3 Å². The number of fused-ring (bicyclic) bond motifs is 1. The maximum atomic E-state index is 4.44. The number of benzene rings is 2. The van der Waals surface area contributed by atoms with Gasteiger partial charge in [0.05, 0.1) is 5.52 Å². The van der Waals surface area contributed by atoms with E-state index in [-0.39, 0.29) is 0 Å². The first-order valence-electron chi connectivity index (χ1n) is 10.2. The summed E-state index contributed by atoms with van der Waals surface area (Å²) in [7, 11) is 0. The molecule has 3 aromatic rings. The maximum absolute atomic E-state index is 4.44. The number of hydrogen-bond donors (Lipinski definition) is 0. The Balaban J connectivity index is 1.75. The molecule has 1 heterocycles. The fraction of sp³-hybridized carbons (Fsp3) is 0.320. The van der Waals surface area contributed by atoms with Crippen molar-refractivity contribution in [1.82, 2.24) is 4.98 Å². The molecular weight excluding hydrogens is 328 g/mol. The summed E-state index contributed by atoms with van der Waals surface area (Å²) in [5.41, 5.74) is 4.81. The molecule has 0 bridgehead atoms. The van der Waals surface area contributed by atoms with E-state index < -0.39 is 0 Å². The number of hydrogen-bond acceptors (Lipinski definition) is 2. The van der Waals surface area contributed by atoms with Gasteiger partial charge >= 0.3 is 0 Å². The predicted molar refractivity (Wildman–Crippen MR) is 119 cm³/mol. The van der Waals surface area contributed by atoms with Crippen molar-refractivity contribution < 1.29 is 0 Å². The second-order valence-corrected chi connectivity index (χ2v) is 7.04. The SMILES string of the molecule is CCCCN(CCCC)c1ccc(/C=C/c2ccnc3ccccc23)cc1. The van der Waals surface area contributed by atoms with Gasteiger partial charge in [-0.05, 0) is 48.2 Å². The molecule has 27 heavy (non-hydrogen) atoms. The Morgan fingerprint density at radius 3 is 2.22 bits per heavy atom. The number of unbranched alkanes of at least 4 members (excludes halogenated alkanes) is 2. The number of pyridine rings is 1. The minimum atomic E-state index is 1.04. The summed E-state index contributed by atoms with van der Waals surface area (Å²) < 4.78 is 0. The standard InChI is InChI=1S/C25H30N2/c1-3-5-19-27(20-6-4-2)23-15-12-21(13-16-23)11-14-22-17-18-26-25-10-8-7-9-24(22)25/h7-18H,3-6,19-20H2,1-2H3/b14-11+. The summed E-state index contributed by atoms with van der Waals surface area (Å²) in [6.45, 7) is 6.81. The van der Waals surface area contributed by atoms with Crippen LogP contribution in [0.1, 0.15) is 50.7 Å². The fourth-order valence-electron chi connectivity index (χ4n) is 3.31. The minimum absolute atomic E-state index is 1.04. The second kappa shape index (κ2) is 9.91. The van der Waals surface area contributed by atoms with Crippen LogP contribution >= 0.6 is 0 Å². The lowest BCUT2D eigenvalue weighted by Crippen LogP contribution is -2.25. The molecule has 0 aliphatic carbocycles. The van der Waals surface area contributed by atoms with Crippen LogP contribution in [0.4, 0.5) is 5.69 Å². The van der Waals surface area contributed by atoms with Crippen molar-refractivity contribution in [2.24, 2.45) is 0 Å². The lowest BCUT2D eigenvalue weighted by molar-refractivity contribution is 0.678. The van der Waals surface area contributed by atoms with E-state index in [4.69, 9.17) is 0 Å². The molecule has 2 aromatic carbocycles. The average molecular weight is 359 g/mol. The molecule has 2 heteroatoms. The molecule has 140 valence electrons. The molecule has 0 aliphatic rings. The topological polar surface area (TPSA) is 16.1 Å². The molecule has 0 spiro atoms. The predicted octanol–water partition coefficient (Wildman–Crippen LogP) is 6.81. The third-order valence-electron chi connectivity index (χ3n) is 4.96. The Morgan fingerprint density at radius 2 is 1.52 bits per heavy atom. The van der Waals surface area contributed by atoms with Gasteiger partial charge in [0.1, 0.15) is 0 Å². The van der Waals surface area contributed by atoms with Crippen LogP contribution in [0.25, 0.3) is 23.1 Å². The molecule has 0 amide bonds. The van der Waals surface area contributed by atoms with Crippen LogP contribution in [0, 0.1) is 0 Å². The Hall–Kier alpha value is -2.61. The van der Waals surface area contributed by atoms with E-state index in [1.54, 1.807) is 0 Å². The third-order valence-corrected chi connectivity index (χ3v) is 4.96. The highest BCUT2D eigenvalue weighted by Gasteiger charge is 2.05. The molecule has 0 radical (unpaired) electrons. The minimum Gasteiger partial charge on any atom is -0.372 e. The van der Waals surface area contributed by atoms with Crippen LogP contribution in [0.15, 0.2) is 60.8 Å². The summed E-state index contributed by atoms with van der Waals surface area (Å²) in [4.78, 5) is 6.96. The highest BCUT2D eigenvalue weighted by molar-refractivity contribution is 5.90. The third kappa shape index (κ3) is 5.19. The normalized spacial score (nSPS) is 11.3. The average Bonchev–Trinajstić information content (AvgIpc) is 2.73. The number of anilines is 1. The van der Waals surface area contributed by atoms with Crippen molar-refractivity contribution in [2.45, 2.75) is 39.5 Å². The van der Waals surface area contributed by atoms with Crippen molar-refractivity contribution in [3.05, 3.63) is 71.9 Å². The van der Waals surface area contributed by atoms with Gasteiger partial charge in [-0.1, -0.05) is 69.2 Å². The van der Waals surface area contributed by atoms with Gasteiger partial charge in [0.25, 0.3) is 0 Å². The van der Waals surface area contributed by atoms with Crippen LogP contribution in [0.3, 0.4) is 0 Å². The number of aromatic nitrogens is 1. The first kappa shape index (κ1) is 19.2. The number of para-hydroxylation sites is 1. The summed E-state index contributed by atoms with van der Waals surface area (Å²) >= 11 is 0. The van der Waals surface area contributed by atoms with Crippen molar-refractivity contribution >= 4 is 28.7 Å². The summed E-state index contributed by atoms with van der Waals surface area (Å²) in [6, 6.07) is 19.3. The number of nitrogens with zero attached hydrogens (tertiary/aromatic N) is 2. The Bertz CT molecular complexity index is 852. The van der Waals surface area contributed by atoms with Crippen molar-refractivity contribution in [3.63, 3.8) is 0 Å². The highest BCUT2D eigenvalue weighted by atomic mass is 15.1. The Kier molecular flexibility index (Phi) is 7.04. The van der Waals surface area contributed by atoms with E-state index in [9.17, 15) is 0 Å². The van der Waals surface area contributed by atoms with Crippen molar-refractivity contribution in [1.29, 1.82) is 0 Å². The summed E-state index contributed by atoms with van der Waals surface area (Å²) in [5, 5.41) is 1.19. The van der Waals surface area contributed by atoms with Gasteiger partial charge in [-0.15, -0.1) is 0 Å². The Labute approximate surface area is 163 Å². The molecular formula is C25H30N2. The second-order valence-electron chi connectivity index (χ2n) is 7.04. The van der Waals surface area contributed by atoms with Crippen LogP contribution in [-0.4, -0.2) is 18.1 Å². The molecule has 0 unspecified atom stereocenters. The van der Waals surface area contributed by atoms with Crippen LogP contribution < -0.4 is 4.90 Å². The molecule has 2 nitrogen and oxygen atoms in total. The largest absolute Gasteiger partial charge is 0.372 e. The lowest BCUT2D eigenvalue weighted by atomic mass is 10.1. The van der Waals surface area contributed by atoms with E-state index in [0.29, 0.717) is 0 Å². The zero-order valence-corrected chi connectivity index (χ0v) is 16.6. The van der Waals surface area contributed by atoms with E-state index >= 15 is 0 Å². The first-order chi connectivity index (χ1) is 13.3. The summed E-state index contributed by atoms with van der Waals surface area (Å²) in [6.07, 6.45) is 11.2. The molecule has 0 aliphatic heterocycles. The molecule has 1 aromatic heterocycles. The van der Waals surface area contributed by atoms with E-state index in [2.05, 4.69) is 84.4 Å². The van der Waals surface area contributed by atoms with Crippen molar-refractivity contribution in [3.8, 4) is 0 Å². The van der Waals surface area contributed by atoms with Gasteiger partial charge in [-0.2, -0.15) is 0 Å². The van der Waals surface area contributed by atoms with Gasteiger partial charge in [-0.3, -0.25) is 4.98 Å². The fourth-order valence-corrected chi connectivity index (χ4v) is 3.31. The quantitative estimate of drug-likeness (QED) is 0.417. The molecule has 0 saturated heterocycles. The smallest absolute Gasteiger partial charge is 0.0707 e. The zero-order chi connectivity index (χ0) is 18.9. The molecule has 0 fully saturated rings. The van der Waals surface area contributed by atoms with E-state index in [1.165, 1.54) is 47.9 Å². The Morgan fingerprint density at radius 1 is 0.815 bits per heavy atom.